The number of alkyl halides is 4. The predicted octanol–water partition coefficient (Wildman–Crippen LogP) is 5.38. The topological polar surface area (TPSA) is 45.0 Å². The molecule has 1 aromatic rings. The molecule has 4 unspecified atom stereocenters. The van der Waals surface area contributed by atoms with Crippen molar-refractivity contribution >= 4 is 17.5 Å². The van der Waals surface area contributed by atoms with Crippen molar-refractivity contribution in [3.63, 3.8) is 0 Å². The summed E-state index contributed by atoms with van der Waals surface area (Å²) in [5.74, 6) is 0.132. The zero-order chi connectivity index (χ0) is 23.0. The highest BCUT2D eigenvalue weighted by Gasteiger charge is 2.35. The fourth-order valence-corrected chi connectivity index (χ4v) is 3.83. The molecule has 4 atom stereocenters. The first-order valence-corrected chi connectivity index (χ1v) is 10.8. The number of likely N-dealkylation sites (tertiary alicyclic amines) is 1. The number of amidine groups is 1. The van der Waals surface area contributed by atoms with Crippen molar-refractivity contribution in [1.82, 2.24) is 4.90 Å². The second-order valence-electron chi connectivity index (χ2n) is 7.96. The molecule has 172 valence electrons. The van der Waals surface area contributed by atoms with Crippen molar-refractivity contribution in [3.05, 3.63) is 35.9 Å². The highest BCUT2D eigenvalue weighted by molar-refractivity contribution is 6.41. The van der Waals surface area contributed by atoms with Crippen molar-refractivity contribution in [1.29, 1.82) is 0 Å². The maximum absolute atomic E-state index is 15.0. The van der Waals surface area contributed by atoms with Crippen LogP contribution in [0, 0.1) is 0 Å². The summed E-state index contributed by atoms with van der Waals surface area (Å²) < 4.78 is 46.2. The number of amides is 1. The van der Waals surface area contributed by atoms with Crippen LogP contribution < -0.4 is 0 Å². The Kier molecular flexibility index (Phi) is 9.65. The molecule has 0 spiro atoms. The average Bonchev–Trinajstić information content (AvgIpc) is 3.40. The lowest BCUT2D eigenvalue weighted by Gasteiger charge is -2.20. The lowest BCUT2D eigenvalue weighted by molar-refractivity contribution is -0.124. The zero-order valence-electron chi connectivity index (χ0n) is 18.3. The minimum atomic E-state index is -2.78. The molecule has 2 heterocycles. The van der Waals surface area contributed by atoms with E-state index in [1.54, 1.807) is 0 Å². The third kappa shape index (κ3) is 6.87. The number of rotatable bonds is 7. The van der Waals surface area contributed by atoms with Crippen LogP contribution in [-0.4, -0.2) is 60.3 Å². The monoisotopic (exact) mass is 441 g/mol. The van der Waals surface area contributed by atoms with Gasteiger partial charge < -0.3 is 4.90 Å². The van der Waals surface area contributed by atoms with Gasteiger partial charge in [0.2, 0.25) is 5.84 Å². The number of hydrogen-bond acceptors (Lipinski definition) is 3. The number of carbonyl (C=O) groups excluding carboxylic acids is 1. The number of benzene rings is 1. The summed E-state index contributed by atoms with van der Waals surface area (Å²) in [6.45, 7) is 5.24. The molecule has 0 aromatic heterocycles. The summed E-state index contributed by atoms with van der Waals surface area (Å²) in [6, 6.07) is 9.84. The van der Waals surface area contributed by atoms with E-state index in [1.807, 2.05) is 56.0 Å². The van der Waals surface area contributed by atoms with E-state index in [1.165, 1.54) is 0 Å². The smallest absolute Gasteiger partial charge is 0.291 e. The molecule has 31 heavy (non-hydrogen) atoms. The van der Waals surface area contributed by atoms with Crippen molar-refractivity contribution in [2.45, 2.75) is 77.1 Å². The first kappa shape index (κ1) is 25.0. The number of aliphatic imine (C=N–C) groups is 2. The maximum atomic E-state index is 15.0. The van der Waals surface area contributed by atoms with Gasteiger partial charge in [-0.15, -0.1) is 0 Å². The fraction of sp³-hybridized carbons (Fsp3) is 0.609. The summed E-state index contributed by atoms with van der Waals surface area (Å²) in [5.41, 5.74) is 1.54. The molecule has 4 nitrogen and oxygen atoms in total. The molecule has 1 aromatic carbocycles. The summed E-state index contributed by atoms with van der Waals surface area (Å²) in [4.78, 5) is 23.3. The largest absolute Gasteiger partial charge is 0.333 e. The molecule has 0 bridgehead atoms. The summed E-state index contributed by atoms with van der Waals surface area (Å²) in [6.07, 6.45) is -0.932. The molecule has 0 saturated carbocycles. The molecule has 0 aliphatic carbocycles. The summed E-state index contributed by atoms with van der Waals surface area (Å²) >= 11 is 0. The Morgan fingerprint density at radius 2 is 1.87 bits per heavy atom. The highest BCUT2D eigenvalue weighted by atomic mass is 19.3. The zero-order valence-corrected chi connectivity index (χ0v) is 18.3. The minimum Gasteiger partial charge on any atom is -0.333 e. The van der Waals surface area contributed by atoms with Crippen molar-refractivity contribution in [2.75, 3.05) is 13.2 Å². The minimum absolute atomic E-state index is 0.0877. The molecule has 0 N–H and O–H groups in total. The lowest BCUT2D eigenvalue weighted by Crippen LogP contribution is -2.37. The summed E-state index contributed by atoms with van der Waals surface area (Å²) in [5, 5.41) is 0. The van der Waals surface area contributed by atoms with Crippen LogP contribution in [-0.2, 0) is 4.79 Å². The van der Waals surface area contributed by atoms with Gasteiger partial charge in [-0.2, -0.15) is 0 Å². The van der Waals surface area contributed by atoms with Gasteiger partial charge in [0.25, 0.3) is 12.3 Å². The number of hydrogen-bond donors (Lipinski definition) is 0. The van der Waals surface area contributed by atoms with Crippen molar-refractivity contribution < 1.29 is 22.4 Å². The quantitative estimate of drug-likeness (QED) is 0.524. The Morgan fingerprint density at radius 1 is 1.23 bits per heavy atom. The average molecular weight is 442 g/mol. The number of nitrogens with zero attached hydrogens (tertiary/aromatic N) is 3. The van der Waals surface area contributed by atoms with Crippen LogP contribution in [0.5, 0.6) is 0 Å². The van der Waals surface area contributed by atoms with E-state index in [-0.39, 0.29) is 29.7 Å². The van der Waals surface area contributed by atoms with Crippen molar-refractivity contribution in [2.24, 2.45) is 9.98 Å². The third-order valence-electron chi connectivity index (χ3n) is 5.61. The van der Waals surface area contributed by atoms with E-state index in [0.29, 0.717) is 18.6 Å². The van der Waals surface area contributed by atoms with E-state index in [9.17, 15) is 18.0 Å². The van der Waals surface area contributed by atoms with Crippen LogP contribution in [0.2, 0.25) is 0 Å². The van der Waals surface area contributed by atoms with Gasteiger partial charge in [-0.05, 0) is 44.1 Å². The highest BCUT2D eigenvalue weighted by Crippen LogP contribution is 2.26. The van der Waals surface area contributed by atoms with Gasteiger partial charge >= 0.3 is 0 Å². The second-order valence-corrected chi connectivity index (χ2v) is 7.96. The van der Waals surface area contributed by atoms with E-state index in [2.05, 4.69) is 9.98 Å². The van der Waals surface area contributed by atoms with Crippen LogP contribution in [0.3, 0.4) is 0 Å². The van der Waals surface area contributed by atoms with Crippen LogP contribution >= 0.6 is 0 Å². The predicted molar refractivity (Wildman–Crippen MR) is 116 cm³/mol. The van der Waals surface area contributed by atoms with Crippen LogP contribution in [0.25, 0.3) is 0 Å². The molecule has 2 aliphatic heterocycles. The van der Waals surface area contributed by atoms with E-state index in [4.69, 9.17) is 0 Å². The Bertz CT molecular complexity index is 769. The Balaban J connectivity index is 0.000000614. The molecule has 1 saturated heterocycles. The Labute approximate surface area is 181 Å². The molecular weight excluding hydrogens is 410 g/mol. The molecule has 1 amide bonds. The molecular formula is C23H31F4N3O. The number of halogens is 4. The van der Waals surface area contributed by atoms with Crippen molar-refractivity contribution in [3.8, 4) is 0 Å². The van der Waals surface area contributed by atoms with Gasteiger partial charge in [0, 0.05) is 12.6 Å². The third-order valence-corrected chi connectivity index (χ3v) is 5.61. The van der Waals surface area contributed by atoms with Gasteiger partial charge in [0.1, 0.15) is 6.17 Å². The van der Waals surface area contributed by atoms with E-state index < -0.39 is 19.3 Å². The fourth-order valence-electron chi connectivity index (χ4n) is 3.83. The standard InChI is InChI=1S/C21H28FN3O.C2H3F3/c1-4-18-19(17(22)13-14(2)16-10-6-5-7-11-16)24-20(23-18)21(26)25-12-8-9-15(25)3;3-1-2(4)5/h5-7,10-11,14-15,17-18H,4,8-9,12-13H2,1-3H3;2H,1H2. The Morgan fingerprint density at radius 3 is 2.39 bits per heavy atom. The molecule has 1 fully saturated rings. The van der Waals surface area contributed by atoms with Gasteiger partial charge in [-0.25, -0.2) is 22.6 Å². The van der Waals surface area contributed by atoms with Crippen LogP contribution in [0.15, 0.2) is 40.3 Å². The first-order valence-electron chi connectivity index (χ1n) is 10.8. The number of carbonyl (C=O) groups is 1. The van der Waals surface area contributed by atoms with E-state index in [0.717, 1.165) is 24.9 Å². The van der Waals surface area contributed by atoms with Crippen LogP contribution in [0.1, 0.15) is 57.9 Å². The maximum Gasteiger partial charge on any atom is 0.291 e. The van der Waals surface area contributed by atoms with Gasteiger partial charge in [0.05, 0.1) is 11.8 Å². The van der Waals surface area contributed by atoms with Gasteiger partial charge in [-0.3, -0.25) is 9.79 Å². The molecule has 3 rings (SSSR count). The molecule has 0 radical (unpaired) electrons. The van der Waals surface area contributed by atoms with Gasteiger partial charge in [-0.1, -0.05) is 44.2 Å². The first-order chi connectivity index (χ1) is 14.8. The SMILES string of the molecule is CCC1N=C(C(=O)N2CCCC2C)N=C1C(F)CC(C)c1ccccc1.FCC(F)F. The summed E-state index contributed by atoms with van der Waals surface area (Å²) in [7, 11) is 0. The lowest BCUT2D eigenvalue weighted by atomic mass is 9.92. The van der Waals surface area contributed by atoms with E-state index >= 15 is 4.39 Å². The molecule has 2 aliphatic rings. The second kappa shape index (κ2) is 12.0. The van der Waals surface area contributed by atoms with Crippen LogP contribution in [0.4, 0.5) is 17.6 Å². The normalized spacial score (nSPS) is 22.5. The Hall–Kier alpha value is -2.25. The van der Waals surface area contributed by atoms with Gasteiger partial charge in [0.15, 0.2) is 6.67 Å². The molecule has 8 heteroatoms.